The fourth-order valence-electron chi connectivity index (χ4n) is 2.22. The topological polar surface area (TPSA) is 93.4 Å². The number of hydrogen-bond donors (Lipinski definition) is 2. The summed E-state index contributed by atoms with van der Waals surface area (Å²) >= 11 is 0. The Labute approximate surface area is 127 Å². The maximum absolute atomic E-state index is 12.9. The van der Waals surface area contributed by atoms with Gasteiger partial charge in [-0.1, -0.05) is 12.1 Å². The lowest BCUT2D eigenvalue weighted by atomic mass is 9.92. The van der Waals surface area contributed by atoms with Gasteiger partial charge in [0.2, 0.25) is 0 Å². The maximum atomic E-state index is 12.9. The third-order valence-corrected chi connectivity index (χ3v) is 3.68. The summed E-state index contributed by atoms with van der Waals surface area (Å²) in [6.45, 7) is 2.00. The first-order valence-corrected chi connectivity index (χ1v) is 6.78. The monoisotopic (exact) mass is 305 g/mol. The van der Waals surface area contributed by atoms with Crippen molar-refractivity contribution in [2.24, 2.45) is 5.92 Å². The number of carboxylic acids is 1. The number of nitrogens with one attached hydrogen (secondary N) is 1. The number of aliphatic carboxylic acids is 1. The van der Waals surface area contributed by atoms with E-state index in [-0.39, 0.29) is 12.3 Å². The van der Waals surface area contributed by atoms with E-state index >= 15 is 0 Å². The molecule has 0 saturated carbocycles. The molecule has 0 bridgehead atoms. The van der Waals surface area contributed by atoms with Crippen molar-refractivity contribution in [3.05, 3.63) is 35.6 Å². The molecule has 2 N–H and O–H groups in total. The second-order valence-corrected chi connectivity index (χ2v) is 5.60. The van der Waals surface area contributed by atoms with Crippen LogP contribution < -0.4 is 5.32 Å². The molecule has 1 aromatic carbocycles. The highest BCUT2D eigenvalue weighted by Crippen LogP contribution is 2.18. The zero-order chi connectivity index (χ0) is 16.3. The van der Waals surface area contributed by atoms with Crippen LogP contribution in [-0.4, -0.2) is 40.6 Å². The molecule has 22 heavy (non-hydrogen) atoms. The molecule has 1 aliphatic heterocycles. The van der Waals surface area contributed by atoms with Gasteiger partial charge in [-0.2, -0.15) is 5.26 Å². The number of likely N-dealkylation sites (tertiary alicyclic amines) is 1. The lowest BCUT2D eigenvalue weighted by Gasteiger charge is -2.38. The zero-order valence-electron chi connectivity index (χ0n) is 12.0. The van der Waals surface area contributed by atoms with Gasteiger partial charge < -0.3 is 15.3 Å². The van der Waals surface area contributed by atoms with Crippen LogP contribution in [0.2, 0.25) is 0 Å². The summed E-state index contributed by atoms with van der Waals surface area (Å²) in [6.07, 6.45) is 0.0316. The van der Waals surface area contributed by atoms with Crippen LogP contribution >= 0.6 is 0 Å². The molecule has 2 rings (SSSR count). The van der Waals surface area contributed by atoms with E-state index in [9.17, 15) is 19.1 Å². The van der Waals surface area contributed by atoms with E-state index in [1.807, 2.05) is 6.07 Å². The molecule has 1 aliphatic rings. The van der Waals surface area contributed by atoms with Crippen molar-refractivity contribution in [1.82, 2.24) is 10.2 Å². The van der Waals surface area contributed by atoms with Crippen molar-refractivity contribution in [3.63, 3.8) is 0 Å². The van der Waals surface area contributed by atoms with Crippen LogP contribution in [0.3, 0.4) is 0 Å². The van der Waals surface area contributed by atoms with E-state index in [2.05, 4.69) is 5.32 Å². The molecule has 116 valence electrons. The van der Waals surface area contributed by atoms with E-state index in [0.717, 1.165) is 0 Å². The lowest BCUT2D eigenvalue weighted by Crippen LogP contribution is -2.61. The first-order valence-electron chi connectivity index (χ1n) is 6.78. The van der Waals surface area contributed by atoms with E-state index in [1.165, 1.54) is 36.1 Å². The standard InChI is InChI=1S/C15H16FN3O3/c1-15(13(20)21,6-10-2-4-12(16)5-3-10)18-14(22)19-8-11(7-17)9-19/h2-5,11H,6,8-9H2,1H3,(H,18,22)(H,20,21). The largest absolute Gasteiger partial charge is 0.480 e. The summed E-state index contributed by atoms with van der Waals surface area (Å²) in [6, 6.07) is 6.98. The SMILES string of the molecule is CC(Cc1ccc(F)cc1)(NC(=O)N1CC(C#N)C1)C(=O)O. The van der Waals surface area contributed by atoms with Crippen molar-refractivity contribution in [2.75, 3.05) is 13.1 Å². The van der Waals surface area contributed by atoms with Crippen molar-refractivity contribution < 1.29 is 19.1 Å². The number of benzene rings is 1. The molecule has 0 spiro atoms. The average Bonchev–Trinajstić information content (AvgIpc) is 2.40. The van der Waals surface area contributed by atoms with Crippen LogP contribution in [0.4, 0.5) is 9.18 Å². The van der Waals surface area contributed by atoms with E-state index in [0.29, 0.717) is 18.7 Å². The summed E-state index contributed by atoms with van der Waals surface area (Å²) in [4.78, 5) is 24.9. The quantitative estimate of drug-likeness (QED) is 0.878. The molecule has 0 aliphatic carbocycles. The molecular weight excluding hydrogens is 289 g/mol. The molecule has 1 atom stereocenters. The number of carbonyl (C=O) groups excluding carboxylic acids is 1. The third-order valence-electron chi connectivity index (χ3n) is 3.68. The Bertz CT molecular complexity index is 620. The number of nitrogens with zero attached hydrogens (tertiary/aromatic N) is 2. The predicted octanol–water partition coefficient (Wildman–Crippen LogP) is 1.38. The third kappa shape index (κ3) is 3.34. The van der Waals surface area contributed by atoms with Gasteiger partial charge in [0.05, 0.1) is 12.0 Å². The molecule has 2 amide bonds. The van der Waals surface area contributed by atoms with Gasteiger partial charge in [-0.3, -0.25) is 0 Å². The molecule has 1 fully saturated rings. The van der Waals surface area contributed by atoms with Crippen molar-refractivity contribution in [3.8, 4) is 6.07 Å². The Balaban J connectivity index is 2.05. The van der Waals surface area contributed by atoms with Gasteiger partial charge in [0.1, 0.15) is 11.4 Å². The molecule has 1 unspecified atom stereocenters. The molecular formula is C15H16FN3O3. The highest BCUT2D eigenvalue weighted by atomic mass is 19.1. The first-order chi connectivity index (χ1) is 10.3. The molecule has 1 aromatic rings. The summed E-state index contributed by atoms with van der Waals surface area (Å²) in [5, 5.41) is 20.6. The smallest absolute Gasteiger partial charge is 0.329 e. The minimum absolute atomic E-state index is 0.0316. The van der Waals surface area contributed by atoms with Crippen LogP contribution in [0.15, 0.2) is 24.3 Å². The fraction of sp³-hybridized carbons (Fsp3) is 0.400. The van der Waals surface area contributed by atoms with Crippen molar-refractivity contribution in [2.45, 2.75) is 18.9 Å². The van der Waals surface area contributed by atoms with Crippen LogP contribution in [0.5, 0.6) is 0 Å². The average molecular weight is 305 g/mol. The number of rotatable bonds is 4. The van der Waals surface area contributed by atoms with Gasteiger partial charge >= 0.3 is 12.0 Å². The first kappa shape index (κ1) is 15.8. The van der Waals surface area contributed by atoms with Gasteiger partial charge in [-0.05, 0) is 24.6 Å². The van der Waals surface area contributed by atoms with Crippen LogP contribution in [0.1, 0.15) is 12.5 Å². The van der Waals surface area contributed by atoms with Gasteiger partial charge in [0.25, 0.3) is 0 Å². The normalized spacial score (nSPS) is 17.0. The fourth-order valence-corrected chi connectivity index (χ4v) is 2.22. The number of nitriles is 1. The molecule has 0 aromatic heterocycles. The number of amides is 2. The predicted molar refractivity (Wildman–Crippen MR) is 75.4 cm³/mol. The van der Waals surface area contributed by atoms with Crippen molar-refractivity contribution >= 4 is 12.0 Å². The summed E-state index contributed by atoms with van der Waals surface area (Å²) in [5.74, 6) is -1.78. The summed E-state index contributed by atoms with van der Waals surface area (Å²) < 4.78 is 12.9. The minimum Gasteiger partial charge on any atom is -0.480 e. The van der Waals surface area contributed by atoms with Crippen LogP contribution in [0.25, 0.3) is 0 Å². The van der Waals surface area contributed by atoms with Gasteiger partial charge in [0, 0.05) is 19.5 Å². The molecule has 1 heterocycles. The second-order valence-electron chi connectivity index (χ2n) is 5.60. The molecule has 6 nitrogen and oxygen atoms in total. The summed E-state index contributed by atoms with van der Waals surface area (Å²) in [7, 11) is 0. The Morgan fingerprint density at radius 2 is 2.05 bits per heavy atom. The van der Waals surface area contributed by atoms with Gasteiger partial charge in [-0.25, -0.2) is 14.0 Å². The second kappa shape index (κ2) is 6.02. The van der Waals surface area contributed by atoms with Gasteiger partial charge in [0.15, 0.2) is 0 Å². The number of carboxylic acid groups (broad SMARTS) is 1. The van der Waals surface area contributed by atoms with Crippen LogP contribution in [-0.2, 0) is 11.2 Å². The van der Waals surface area contributed by atoms with E-state index < -0.39 is 23.4 Å². The number of halogens is 1. The minimum atomic E-state index is -1.51. The van der Waals surface area contributed by atoms with Crippen molar-refractivity contribution in [1.29, 1.82) is 5.26 Å². The molecule has 7 heteroatoms. The van der Waals surface area contributed by atoms with E-state index in [1.54, 1.807) is 0 Å². The Morgan fingerprint density at radius 1 is 1.45 bits per heavy atom. The Hall–Kier alpha value is -2.62. The lowest BCUT2D eigenvalue weighted by molar-refractivity contribution is -0.143. The number of urea groups is 1. The molecule has 0 radical (unpaired) electrons. The Kier molecular flexibility index (Phi) is 4.31. The molecule has 1 saturated heterocycles. The van der Waals surface area contributed by atoms with E-state index in [4.69, 9.17) is 5.26 Å². The van der Waals surface area contributed by atoms with Gasteiger partial charge in [-0.15, -0.1) is 0 Å². The highest BCUT2D eigenvalue weighted by molar-refractivity contribution is 5.86. The van der Waals surface area contributed by atoms with Crippen LogP contribution in [0, 0.1) is 23.1 Å². The Morgan fingerprint density at radius 3 is 2.55 bits per heavy atom. The summed E-state index contributed by atoms with van der Waals surface area (Å²) in [5.41, 5.74) is -0.905. The maximum Gasteiger partial charge on any atom is 0.329 e. The number of hydrogen-bond acceptors (Lipinski definition) is 3. The number of carbonyl (C=O) groups is 2. The highest BCUT2D eigenvalue weighted by Gasteiger charge is 2.39. The zero-order valence-corrected chi connectivity index (χ0v) is 12.0.